The van der Waals surface area contributed by atoms with Crippen LogP contribution in [0.2, 0.25) is 5.02 Å². The van der Waals surface area contributed by atoms with Gasteiger partial charge in [0.25, 0.3) is 11.8 Å². The quantitative estimate of drug-likeness (QED) is 0.0672. The van der Waals surface area contributed by atoms with Crippen molar-refractivity contribution in [2.75, 3.05) is 75.0 Å². The highest BCUT2D eigenvalue weighted by atomic mass is 35.5. The van der Waals surface area contributed by atoms with Gasteiger partial charge in [0.15, 0.2) is 0 Å². The third-order valence-electron chi connectivity index (χ3n) is 10.5. The molecular formula is C42H43ClFN9O8. The molecule has 2 fully saturated rings. The van der Waals surface area contributed by atoms with E-state index in [-0.39, 0.29) is 54.5 Å². The Hall–Kier alpha value is -6.50. The zero-order valence-electron chi connectivity index (χ0n) is 33.0. The molecule has 61 heavy (non-hydrogen) atoms. The second kappa shape index (κ2) is 19.3. The summed E-state index contributed by atoms with van der Waals surface area (Å²) in [6, 6.07) is 11.4. The van der Waals surface area contributed by atoms with Gasteiger partial charge >= 0.3 is 0 Å². The number of nitrogens with one attached hydrogen (secondary N) is 4. The molecule has 318 valence electrons. The van der Waals surface area contributed by atoms with E-state index in [4.69, 9.17) is 21.1 Å². The SMILES string of the molecule is C=CC(=O)Nc1cc2c(Nc3ccc(F)c(Cl)c3)ncnc2cc1OCCCN1CCN(C(=O)CCOCCNc2cccc3c2C(=O)N(C2CCC(=O)NC2=O)C3=O)CC1. The highest BCUT2D eigenvalue weighted by Crippen LogP contribution is 2.35. The van der Waals surface area contributed by atoms with E-state index in [1.807, 2.05) is 4.90 Å². The molecule has 1 aromatic heterocycles. The van der Waals surface area contributed by atoms with Crippen LogP contribution in [0.5, 0.6) is 5.75 Å². The Morgan fingerprint density at radius 3 is 2.57 bits per heavy atom. The average Bonchev–Trinajstić information content (AvgIpc) is 3.51. The monoisotopic (exact) mass is 855 g/mol. The topological polar surface area (TPSA) is 204 Å². The second-order valence-electron chi connectivity index (χ2n) is 14.4. The van der Waals surface area contributed by atoms with Crippen molar-refractivity contribution in [3.8, 4) is 5.75 Å². The number of nitrogens with zero attached hydrogens (tertiary/aromatic N) is 5. The number of hydrogen-bond acceptors (Lipinski definition) is 13. The standard InChI is InChI=1S/C42H43ClFN9O8/c1-2-35(54)49-32-22-27-31(46-24-47-39(27)48-25-7-8-29(44)28(43)21-25)23-34(32)61-18-4-13-51-14-16-52(17-15-51)37(56)11-19-60-20-12-45-30-6-3-5-26-38(30)42(59)53(41(26)58)33-9-10-36(55)50-40(33)57/h2-3,5-8,21-24,33,45H,1,4,9-20H2,(H,49,54)(H,46,47,48)(H,50,55,57). The number of carbonyl (C=O) groups is 6. The van der Waals surface area contributed by atoms with E-state index in [2.05, 4.69) is 42.7 Å². The van der Waals surface area contributed by atoms with Gasteiger partial charge in [0, 0.05) is 68.5 Å². The Balaban J connectivity index is 0.822. The number of anilines is 4. The highest BCUT2D eigenvalue weighted by Gasteiger charge is 2.45. The minimum Gasteiger partial charge on any atom is -0.491 e. The van der Waals surface area contributed by atoms with Crippen molar-refractivity contribution in [3.63, 3.8) is 0 Å². The number of amides is 6. The Labute approximate surface area is 354 Å². The predicted octanol–water partition coefficient (Wildman–Crippen LogP) is 4.12. The van der Waals surface area contributed by atoms with E-state index in [0.717, 1.165) is 17.5 Å². The Morgan fingerprint density at radius 2 is 1.80 bits per heavy atom. The summed E-state index contributed by atoms with van der Waals surface area (Å²) in [5.41, 5.74) is 2.24. The molecule has 1 unspecified atom stereocenters. The van der Waals surface area contributed by atoms with Crippen LogP contribution in [-0.2, 0) is 23.9 Å². The van der Waals surface area contributed by atoms with Gasteiger partial charge in [-0.15, -0.1) is 0 Å². The number of carbonyl (C=O) groups excluding carboxylic acids is 6. The van der Waals surface area contributed by atoms with Crippen molar-refractivity contribution in [1.82, 2.24) is 30.0 Å². The Bertz CT molecular complexity index is 2390. The Morgan fingerprint density at radius 1 is 0.984 bits per heavy atom. The highest BCUT2D eigenvalue weighted by molar-refractivity contribution is 6.31. The number of benzene rings is 3. The summed E-state index contributed by atoms with van der Waals surface area (Å²) in [5.74, 6) is -2.43. The maximum Gasteiger partial charge on any atom is 0.264 e. The summed E-state index contributed by atoms with van der Waals surface area (Å²) >= 11 is 5.96. The van der Waals surface area contributed by atoms with Crippen molar-refractivity contribution >= 4 is 80.8 Å². The van der Waals surface area contributed by atoms with Crippen LogP contribution in [0.1, 0.15) is 46.4 Å². The zero-order chi connectivity index (χ0) is 43.0. The van der Waals surface area contributed by atoms with Crippen molar-refractivity contribution in [1.29, 1.82) is 0 Å². The van der Waals surface area contributed by atoms with Crippen LogP contribution in [-0.4, -0.2) is 125 Å². The molecule has 4 aromatic rings. The lowest BCUT2D eigenvalue weighted by Crippen LogP contribution is -2.54. The summed E-state index contributed by atoms with van der Waals surface area (Å²) in [6.45, 7) is 7.92. The van der Waals surface area contributed by atoms with E-state index >= 15 is 0 Å². The molecule has 19 heteroatoms. The molecule has 0 saturated carbocycles. The summed E-state index contributed by atoms with van der Waals surface area (Å²) in [4.78, 5) is 89.3. The minimum atomic E-state index is -1.05. The van der Waals surface area contributed by atoms with E-state index in [9.17, 15) is 33.2 Å². The van der Waals surface area contributed by atoms with Gasteiger partial charge in [0.2, 0.25) is 23.6 Å². The maximum atomic E-state index is 13.7. The molecule has 4 heterocycles. The molecule has 1 atom stereocenters. The fourth-order valence-electron chi connectivity index (χ4n) is 7.33. The van der Waals surface area contributed by atoms with Crippen LogP contribution in [0.3, 0.4) is 0 Å². The summed E-state index contributed by atoms with van der Waals surface area (Å²) < 4.78 is 25.6. The number of halogens is 2. The van der Waals surface area contributed by atoms with E-state index in [1.165, 1.54) is 30.6 Å². The van der Waals surface area contributed by atoms with E-state index in [0.29, 0.717) is 85.3 Å². The van der Waals surface area contributed by atoms with E-state index in [1.54, 1.807) is 24.3 Å². The molecule has 0 spiro atoms. The van der Waals surface area contributed by atoms with Crippen LogP contribution in [0, 0.1) is 5.82 Å². The van der Waals surface area contributed by atoms with Gasteiger partial charge < -0.3 is 30.3 Å². The number of fused-ring (bicyclic) bond motifs is 2. The van der Waals surface area contributed by atoms with Gasteiger partial charge in [0.1, 0.15) is 29.8 Å². The molecule has 17 nitrogen and oxygen atoms in total. The number of ether oxygens (including phenoxy) is 2. The summed E-state index contributed by atoms with van der Waals surface area (Å²) in [6.07, 6.45) is 3.54. The molecule has 4 N–H and O–H groups in total. The van der Waals surface area contributed by atoms with Crippen molar-refractivity contribution in [2.24, 2.45) is 0 Å². The summed E-state index contributed by atoms with van der Waals surface area (Å²) in [7, 11) is 0. The van der Waals surface area contributed by atoms with Crippen molar-refractivity contribution < 1.29 is 42.6 Å². The largest absolute Gasteiger partial charge is 0.491 e. The number of rotatable bonds is 17. The zero-order valence-corrected chi connectivity index (χ0v) is 33.8. The van der Waals surface area contributed by atoms with Gasteiger partial charge in [-0.3, -0.25) is 43.9 Å². The third-order valence-corrected chi connectivity index (χ3v) is 10.7. The molecule has 0 aliphatic carbocycles. The lowest BCUT2D eigenvalue weighted by atomic mass is 10.0. The van der Waals surface area contributed by atoms with Crippen LogP contribution in [0.15, 0.2) is 67.5 Å². The van der Waals surface area contributed by atoms with Gasteiger partial charge in [0.05, 0.1) is 53.6 Å². The maximum absolute atomic E-state index is 13.7. The number of piperidine rings is 1. The smallest absolute Gasteiger partial charge is 0.264 e. The number of aromatic nitrogens is 2. The lowest BCUT2D eigenvalue weighted by molar-refractivity contribution is -0.136. The summed E-state index contributed by atoms with van der Waals surface area (Å²) in [5, 5.41) is 11.8. The average molecular weight is 856 g/mol. The van der Waals surface area contributed by atoms with Gasteiger partial charge in [-0.2, -0.15) is 0 Å². The van der Waals surface area contributed by atoms with Crippen LogP contribution in [0.4, 0.5) is 27.3 Å². The fourth-order valence-corrected chi connectivity index (χ4v) is 7.51. The molecule has 2 saturated heterocycles. The van der Waals surface area contributed by atoms with Gasteiger partial charge in [-0.05, 0) is 55.3 Å². The first-order valence-electron chi connectivity index (χ1n) is 19.7. The molecule has 6 amide bonds. The number of imide groups is 2. The van der Waals surface area contributed by atoms with Crippen molar-refractivity contribution in [2.45, 2.75) is 31.7 Å². The molecule has 0 bridgehead atoms. The first-order chi connectivity index (χ1) is 29.5. The van der Waals surface area contributed by atoms with Crippen LogP contribution >= 0.6 is 11.6 Å². The number of hydrogen-bond donors (Lipinski definition) is 4. The van der Waals surface area contributed by atoms with Crippen molar-refractivity contribution in [3.05, 3.63) is 89.5 Å². The first kappa shape index (κ1) is 42.6. The first-order valence-corrected chi connectivity index (χ1v) is 20.1. The molecule has 3 aromatic carbocycles. The molecule has 7 rings (SSSR count). The predicted molar refractivity (Wildman–Crippen MR) is 223 cm³/mol. The molecule has 3 aliphatic heterocycles. The Kier molecular flexibility index (Phi) is 13.5. The third kappa shape index (κ3) is 9.94. The number of piperazine rings is 1. The molecule has 0 radical (unpaired) electrons. The minimum absolute atomic E-state index is 0.0106. The molecule has 3 aliphatic rings. The normalized spacial score (nSPS) is 16.7. The van der Waals surface area contributed by atoms with E-state index < -0.39 is 41.4 Å². The second-order valence-corrected chi connectivity index (χ2v) is 14.8. The van der Waals surface area contributed by atoms with Crippen LogP contribution < -0.4 is 26.0 Å². The molecular weight excluding hydrogens is 813 g/mol. The van der Waals surface area contributed by atoms with Gasteiger partial charge in [-0.1, -0.05) is 24.2 Å². The fraction of sp³-hybridized carbons (Fsp3) is 0.333. The van der Waals surface area contributed by atoms with Gasteiger partial charge in [-0.25, -0.2) is 14.4 Å². The lowest BCUT2D eigenvalue weighted by Gasteiger charge is -2.34. The van der Waals surface area contributed by atoms with Crippen LogP contribution in [0.25, 0.3) is 10.9 Å².